The van der Waals surface area contributed by atoms with Gasteiger partial charge in [-0.1, -0.05) is 11.6 Å². The van der Waals surface area contributed by atoms with Crippen LogP contribution in [0.4, 0.5) is 0 Å². The van der Waals surface area contributed by atoms with Crippen LogP contribution in [0.1, 0.15) is 10.4 Å². The number of carbonyl (C=O) groups is 1. The van der Waals surface area contributed by atoms with Crippen molar-refractivity contribution in [2.75, 3.05) is 0 Å². The zero-order valence-electron chi connectivity index (χ0n) is 10.9. The molecule has 0 aliphatic carbocycles. The van der Waals surface area contributed by atoms with Gasteiger partial charge < -0.3 is 9.84 Å². The van der Waals surface area contributed by atoms with Crippen LogP contribution < -0.4 is 4.74 Å². The molecule has 22 heavy (non-hydrogen) atoms. The lowest BCUT2D eigenvalue weighted by atomic mass is 10.2. The molecule has 0 atom stereocenters. The molecule has 8 nitrogen and oxygen atoms in total. The van der Waals surface area contributed by atoms with Gasteiger partial charge in [0.15, 0.2) is 0 Å². The quantitative estimate of drug-likeness (QED) is 0.759. The van der Waals surface area contributed by atoms with Crippen molar-refractivity contribution >= 4 is 17.6 Å². The molecule has 0 amide bonds. The van der Waals surface area contributed by atoms with Crippen molar-refractivity contribution < 1.29 is 14.6 Å². The lowest BCUT2D eigenvalue weighted by Crippen LogP contribution is -2.01. The lowest BCUT2D eigenvalue weighted by Gasteiger charge is -2.09. The van der Waals surface area contributed by atoms with E-state index in [4.69, 9.17) is 21.4 Å². The highest BCUT2D eigenvalue weighted by Crippen LogP contribution is 2.32. The van der Waals surface area contributed by atoms with E-state index in [-0.39, 0.29) is 22.2 Å². The summed E-state index contributed by atoms with van der Waals surface area (Å²) in [5.41, 5.74) is 0.589. The first-order chi connectivity index (χ1) is 10.6. The fourth-order valence-electron chi connectivity index (χ4n) is 1.75. The summed E-state index contributed by atoms with van der Waals surface area (Å²) in [5.74, 6) is -0.514. The van der Waals surface area contributed by atoms with Crippen LogP contribution in [0.15, 0.2) is 36.5 Å². The number of carboxylic acid groups (broad SMARTS) is 1. The zero-order valence-corrected chi connectivity index (χ0v) is 11.7. The van der Waals surface area contributed by atoms with Gasteiger partial charge in [-0.15, -0.1) is 10.2 Å². The van der Waals surface area contributed by atoms with E-state index in [1.165, 1.54) is 18.3 Å². The number of nitrogens with one attached hydrogen (secondary N) is 1. The second-order valence-electron chi connectivity index (χ2n) is 4.14. The van der Waals surface area contributed by atoms with Crippen LogP contribution in [-0.4, -0.2) is 36.7 Å². The second kappa shape index (κ2) is 5.78. The average Bonchev–Trinajstić information content (AvgIpc) is 3.04. The minimum atomic E-state index is -1.14. The minimum Gasteiger partial charge on any atom is -0.477 e. The Morgan fingerprint density at radius 3 is 2.86 bits per heavy atom. The lowest BCUT2D eigenvalue weighted by molar-refractivity contribution is 0.0693. The number of H-pyrrole nitrogens is 1. The molecule has 2 aromatic heterocycles. The number of hydrogen-bond acceptors (Lipinski definition) is 6. The third-order valence-electron chi connectivity index (χ3n) is 2.74. The number of aromatic carboxylic acids is 1. The number of carboxylic acids is 1. The van der Waals surface area contributed by atoms with Crippen LogP contribution in [0, 0.1) is 0 Å². The largest absolute Gasteiger partial charge is 0.477 e. The Hall–Kier alpha value is -3.00. The number of aromatic nitrogens is 5. The van der Waals surface area contributed by atoms with Gasteiger partial charge in [-0.25, -0.2) is 9.78 Å². The fraction of sp³-hybridized carbons (Fsp3) is 0. The topological polar surface area (TPSA) is 114 Å². The molecule has 2 heterocycles. The summed E-state index contributed by atoms with van der Waals surface area (Å²) in [6.07, 6.45) is 1.43. The van der Waals surface area contributed by atoms with E-state index in [0.717, 1.165) is 0 Å². The maximum absolute atomic E-state index is 11.1. The van der Waals surface area contributed by atoms with Crippen LogP contribution in [-0.2, 0) is 0 Å². The SMILES string of the molecule is O=C(O)c1cccnc1Oc1ccc(-c2nn[nH]n2)cc1Cl. The van der Waals surface area contributed by atoms with Crippen LogP contribution in [0.5, 0.6) is 11.6 Å². The average molecular weight is 318 g/mol. The van der Waals surface area contributed by atoms with Gasteiger partial charge in [0.25, 0.3) is 0 Å². The first-order valence-corrected chi connectivity index (χ1v) is 6.42. The van der Waals surface area contributed by atoms with Gasteiger partial charge in [0.05, 0.1) is 5.02 Å². The minimum absolute atomic E-state index is 0.0378. The van der Waals surface area contributed by atoms with Gasteiger partial charge in [-0.2, -0.15) is 5.21 Å². The normalized spacial score (nSPS) is 10.4. The maximum atomic E-state index is 11.1. The Kier molecular flexibility index (Phi) is 3.67. The standard InChI is InChI=1S/C13H8ClN5O3/c14-9-6-7(11-16-18-19-17-11)3-4-10(9)22-12-8(13(20)21)2-1-5-15-12/h1-6H,(H,20,21)(H,16,17,18,19). The number of nitrogens with zero attached hydrogens (tertiary/aromatic N) is 4. The Bertz CT molecular complexity index is 822. The van der Waals surface area contributed by atoms with Crippen molar-refractivity contribution in [3.8, 4) is 23.0 Å². The van der Waals surface area contributed by atoms with Crippen molar-refractivity contribution in [2.24, 2.45) is 0 Å². The molecule has 3 rings (SSSR count). The first kappa shape index (κ1) is 14.0. The molecule has 0 saturated carbocycles. The highest BCUT2D eigenvalue weighted by Gasteiger charge is 2.15. The predicted molar refractivity (Wildman–Crippen MR) is 75.9 cm³/mol. The Labute approximate surface area is 128 Å². The summed E-state index contributed by atoms with van der Waals surface area (Å²) in [6, 6.07) is 7.75. The van der Waals surface area contributed by atoms with E-state index in [2.05, 4.69) is 25.6 Å². The summed E-state index contributed by atoms with van der Waals surface area (Å²) in [7, 11) is 0. The van der Waals surface area contributed by atoms with E-state index in [1.54, 1.807) is 18.2 Å². The summed E-state index contributed by atoms with van der Waals surface area (Å²) < 4.78 is 5.49. The van der Waals surface area contributed by atoms with Crippen LogP contribution in [0.3, 0.4) is 0 Å². The molecule has 1 aromatic carbocycles. The molecule has 0 spiro atoms. The number of aromatic amines is 1. The van der Waals surface area contributed by atoms with E-state index in [9.17, 15) is 4.79 Å². The van der Waals surface area contributed by atoms with Gasteiger partial charge in [-0.3, -0.25) is 0 Å². The number of hydrogen-bond donors (Lipinski definition) is 2. The Morgan fingerprint density at radius 1 is 1.32 bits per heavy atom. The van der Waals surface area contributed by atoms with Crippen LogP contribution >= 0.6 is 11.6 Å². The second-order valence-corrected chi connectivity index (χ2v) is 4.55. The van der Waals surface area contributed by atoms with E-state index >= 15 is 0 Å². The van der Waals surface area contributed by atoms with Gasteiger partial charge in [-0.05, 0) is 35.5 Å². The summed E-state index contributed by atoms with van der Waals surface area (Å²) >= 11 is 6.14. The predicted octanol–water partition coefficient (Wildman–Crippen LogP) is 2.41. The van der Waals surface area contributed by atoms with Crippen molar-refractivity contribution in [3.63, 3.8) is 0 Å². The maximum Gasteiger partial charge on any atom is 0.341 e. The Morgan fingerprint density at radius 2 is 2.18 bits per heavy atom. The zero-order chi connectivity index (χ0) is 15.5. The fourth-order valence-corrected chi connectivity index (χ4v) is 1.96. The molecule has 0 fully saturated rings. The first-order valence-electron chi connectivity index (χ1n) is 6.04. The monoisotopic (exact) mass is 317 g/mol. The smallest absolute Gasteiger partial charge is 0.341 e. The molecule has 0 unspecified atom stereocenters. The Balaban J connectivity index is 1.92. The van der Waals surface area contributed by atoms with Crippen LogP contribution in [0.2, 0.25) is 5.02 Å². The number of halogens is 1. The van der Waals surface area contributed by atoms with Gasteiger partial charge in [0, 0.05) is 11.8 Å². The van der Waals surface area contributed by atoms with E-state index < -0.39 is 5.97 Å². The summed E-state index contributed by atoms with van der Waals surface area (Å²) in [4.78, 5) is 15.0. The van der Waals surface area contributed by atoms with Gasteiger partial charge >= 0.3 is 5.97 Å². The molecule has 0 saturated heterocycles. The van der Waals surface area contributed by atoms with E-state index in [1.807, 2.05) is 0 Å². The van der Waals surface area contributed by atoms with Gasteiger partial charge in [0.1, 0.15) is 11.3 Å². The molecule has 9 heteroatoms. The number of pyridine rings is 1. The molecule has 0 radical (unpaired) electrons. The molecule has 2 N–H and O–H groups in total. The molecule has 3 aromatic rings. The van der Waals surface area contributed by atoms with E-state index in [0.29, 0.717) is 11.4 Å². The molecule has 0 aliphatic heterocycles. The highest BCUT2D eigenvalue weighted by atomic mass is 35.5. The van der Waals surface area contributed by atoms with Crippen molar-refractivity contribution in [3.05, 3.63) is 47.1 Å². The van der Waals surface area contributed by atoms with Crippen molar-refractivity contribution in [1.29, 1.82) is 0 Å². The van der Waals surface area contributed by atoms with Crippen molar-refractivity contribution in [2.45, 2.75) is 0 Å². The van der Waals surface area contributed by atoms with Gasteiger partial charge in [0.2, 0.25) is 11.7 Å². The number of benzene rings is 1. The highest BCUT2D eigenvalue weighted by molar-refractivity contribution is 6.32. The third kappa shape index (κ3) is 2.72. The molecular weight excluding hydrogens is 310 g/mol. The third-order valence-corrected chi connectivity index (χ3v) is 3.04. The molecule has 0 aliphatic rings. The summed E-state index contributed by atoms with van der Waals surface area (Å²) in [6.45, 7) is 0. The number of rotatable bonds is 4. The number of ether oxygens (including phenoxy) is 1. The molecule has 0 bridgehead atoms. The van der Waals surface area contributed by atoms with Crippen LogP contribution in [0.25, 0.3) is 11.4 Å². The summed E-state index contributed by atoms with van der Waals surface area (Å²) in [5, 5.41) is 22.9. The number of tetrazole rings is 1. The van der Waals surface area contributed by atoms with Crippen molar-refractivity contribution in [1.82, 2.24) is 25.6 Å². The molecule has 110 valence electrons. The molecular formula is C13H8ClN5O3.